The summed E-state index contributed by atoms with van der Waals surface area (Å²) >= 11 is 0. The summed E-state index contributed by atoms with van der Waals surface area (Å²) in [6.07, 6.45) is 2.34. The quantitative estimate of drug-likeness (QED) is 0.599. The molecule has 0 saturated carbocycles. The third kappa shape index (κ3) is 3.86. The second-order valence-electron chi connectivity index (χ2n) is 3.71. The molecule has 2 N–H and O–H groups in total. The summed E-state index contributed by atoms with van der Waals surface area (Å²) in [6.45, 7) is 1.73. The Hall–Kier alpha value is -1.12. The van der Waals surface area contributed by atoms with Crippen molar-refractivity contribution in [1.29, 1.82) is 5.26 Å². The van der Waals surface area contributed by atoms with Crippen molar-refractivity contribution in [3.8, 4) is 6.07 Å². The van der Waals surface area contributed by atoms with E-state index in [1.807, 2.05) is 11.0 Å². The third-order valence-electron chi connectivity index (χ3n) is 2.62. The third-order valence-corrected chi connectivity index (χ3v) is 2.62. The Morgan fingerprint density at radius 2 is 2.47 bits per heavy atom. The highest BCUT2D eigenvalue weighted by Gasteiger charge is 2.24. The summed E-state index contributed by atoms with van der Waals surface area (Å²) in [6, 6.07) is 2.10. The highest BCUT2D eigenvalue weighted by Crippen LogP contribution is 2.15. The van der Waals surface area contributed by atoms with E-state index >= 15 is 0 Å². The van der Waals surface area contributed by atoms with Crippen molar-refractivity contribution in [3.63, 3.8) is 0 Å². The summed E-state index contributed by atoms with van der Waals surface area (Å²) in [5, 5.41) is 20.0. The van der Waals surface area contributed by atoms with Gasteiger partial charge in [-0.2, -0.15) is 5.26 Å². The number of rotatable bonds is 5. The molecule has 5 nitrogen and oxygen atoms in total. The summed E-state index contributed by atoms with van der Waals surface area (Å²) in [7, 11) is 0. The SMILES string of the molecule is N#CCCNC(=O)CN1CCC[C@H]1CO. The summed E-state index contributed by atoms with van der Waals surface area (Å²) < 4.78 is 0. The maximum Gasteiger partial charge on any atom is 0.234 e. The Balaban J connectivity index is 2.22. The van der Waals surface area contributed by atoms with Crippen LogP contribution in [0.3, 0.4) is 0 Å². The van der Waals surface area contributed by atoms with Crippen molar-refractivity contribution < 1.29 is 9.90 Å². The second kappa shape index (κ2) is 6.38. The van der Waals surface area contributed by atoms with Crippen molar-refractivity contribution in [2.75, 3.05) is 26.2 Å². The number of likely N-dealkylation sites (tertiary alicyclic amines) is 1. The van der Waals surface area contributed by atoms with E-state index in [1.54, 1.807) is 0 Å². The number of aliphatic hydroxyl groups is 1. The van der Waals surface area contributed by atoms with Gasteiger partial charge >= 0.3 is 0 Å². The van der Waals surface area contributed by atoms with Crippen LogP contribution in [0.15, 0.2) is 0 Å². The molecule has 1 saturated heterocycles. The van der Waals surface area contributed by atoms with Crippen LogP contribution < -0.4 is 5.32 Å². The van der Waals surface area contributed by atoms with Gasteiger partial charge in [-0.15, -0.1) is 0 Å². The van der Waals surface area contributed by atoms with Gasteiger partial charge in [0, 0.05) is 12.6 Å². The highest BCUT2D eigenvalue weighted by molar-refractivity contribution is 5.78. The number of amides is 1. The molecule has 0 aromatic carbocycles. The molecule has 0 aliphatic carbocycles. The fourth-order valence-corrected chi connectivity index (χ4v) is 1.81. The predicted octanol–water partition coefficient (Wildman–Crippen LogP) is -0.527. The zero-order valence-corrected chi connectivity index (χ0v) is 8.78. The highest BCUT2D eigenvalue weighted by atomic mass is 16.3. The van der Waals surface area contributed by atoms with Crippen molar-refractivity contribution in [3.05, 3.63) is 0 Å². The van der Waals surface area contributed by atoms with E-state index in [4.69, 9.17) is 10.4 Å². The number of nitrogens with zero attached hydrogens (tertiary/aromatic N) is 2. The van der Waals surface area contributed by atoms with Gasteiger partial charge in [-0.3, -0.25) is 9.69 Å². The van der Waals surface area contributed by atoms with Crippen LogP contribution in [0, 0.1) is 11.3 Å². The molecule has 1 aliphatic rings. The molecule has 1 atom stereocenters. The van der Waals surface area contributed by atoms with Gasteiger partial charge in [0.25, 0.3) is 0 Å². The second-order valence-corrected chi connectivity index (χ2v) is 3.71. The number of carbonyl (C=O) groups excluding carboxylic acids is 1. The smallest absolute Gasteiger partial charge is 0.234 e. The Labute approximate surface area is 89.7 Å². The fourth-order valence-electron chi connectivity index (χ4n) is 1.81. The predicted molar refractivity (Wildman–Crippen MR) is 54.9 cm³/mol. The molecule has 0 aromatic heterocycles. The molecule has 1 rings (SSSR count). The molecule has 5 heteroatoms. The van der Waals surface area contributed by atoms with Crippen molar-refractivity contribution in [2.45, 2.75) is 25.3 Å². The van der Waals surface area contributed by atoms with Crippen LogP contribution in [-0.2, 0) is 4.79 Å². The van der Waals surface area contributed by atoms with Gasteiger partial charge in [0.15, 0.2) is 0 Å². The molecule has 0 bridgehead atoms. The van der Waals surface area contributed by atoms with Crippen molar-refractivity contribution in [2.24, 2.45) is 0 Å². The molecule has 84 valence electrons. The normalized spacial score (nSPS) is 21.2. The van der Waals surface area contributed by atoms with Gasteiger partial charge in [-0.1, -0.05) is 0 Å². The summed E-state index contributed by atoms with van der Waals surface area (Å²) in [4.78, 5) is 13.4. The van der Waals surface area contributed by atoms with E-state index in [-0.39, 0.29) is 18.6 Å². The molecular formula is C10H17N3O2. The van der Waals surface area contributed by atoms with Crippen LogP contribution in [0.5, 0.6) is 0 Å². The number of hydrogen-bond acceptors (Lipinski definition) is 4. The lowest BCUT2D eigenvalue weighted by atomic mass is 10.2. The van der Waals surface area contributed by atoms with Crippen LogP contribution in [0.4, 0.5) is 0 Å². The minimum absolute atomic E-state index is 0.0643. The van der Waals surface area contributed by atoms with Gasteiger partial charge in [0.1, 0.15) is 0 Å². The van der Waals surface area contributed by atoms with E-state index in [9.17, 15) is 4.79 Å². The molecule has 0 radical (unpaired) electrons. The van der Waals surface area contributed by atoms with Crippen LogP contribution in [0.1, 0.15) is 19.3 Å². The average molecular weight is 211 g/mol. The maximum absolute atomic E-state index is 11.4. The fraction of sp³-hybridized carbons (Fsp3) is 0.800. The Morgan fingerprint density at radius 1 is 1.67 bits per heavy atom. The van der Waals surface area contributed by atoms with E-state index in [1.165, 1.54) is 0 Å². The molecule has 0 aromatic rings. The largest absolute Gasteiger partial charge is 0.395 e. The Kier molecular flexibility index (Phi) is 5.08. The minimum Gasteiger partial charge on any atom is -0.395 e. The lowest BCUT2D eigenvalue weighted by molar-refractivity contribution is -0.122. The van der Waals surface area contributed by atoms with E-state index in [0.717, 1.165) is 19.4 Å². The van der Waals surface area contributed by atoms with Crippen molar-refractivity contribution >= 4 is 5.91 Å². The van der Waals surface area contributed by atoms with Crippen LogP contribution in [-0.4, -0.2) is 48.2 Å². The molecule has 0 spiro atoms. The first kappa shape index (κ1) is 12.0. The zero-order chi connectivity index (χ0) is 11.1. The molecule has 1 amide bonds. The zero-order valence-electron chi connectivity index (χ0n) is 8.78. The van der Waals surface area contributed by atoms with Gasteiger partial charge in [-0.05, 0) is 19.4 Å². The Bertz CT molecular complexity index is 250. The first-order valence-electron chi connectivity index (χ1n) is 5.26. The summed E-state index contributed by atoms with van der Waals surface area (Å²) in [5.74, 6) is -0.0643. The number of aliphatic hydroxyl groups excluding tert-OH is 1. The van der Waals surface area contributed by atoms with Gasteiger partial charge in [-0.25, -0.2) is 0 Å². The lowest BCUT2D eigenvalue weighted by Crippen LogP contribution is -2.41. The van der Waals surface area contributed by atoms with E-state index in [0.29, 0.717) is 19.5 Å². The maximum atomic E-state index is 11.4. The standard InChI is InChI=1S/C10H17N3O2/c11-4-2-5-12-10(15)7-13-6-1-3-9(13)8-14/h9,14H,1-3,5-8H2,(H,12,15)/t9-/m0/s1. The first-order chi connectivity index (χ1) is 7.27. The number of carbonyl (C=O) groups is 1. The minimum atomic E-state index is -0.0643. The topological polar surface area (TPSA) is 76.4 Å². The van der Waals surface area contributed by atoms with Gasteiger partial charge in [0.2, 0.25) is 5.91 Å². The molecule has 0 unspecified atom stereocenters. The molecular weight excluding hydrogens is 194 g/mol. The molecule has 15 heavy (non-hydrogen) atoms. The molecule has 1 fully saturated rings. The van der Waals surface area contributed by atoms with Gasteiger partial charge < -0.3 is 10.4 Å². The molecule has 1 heterocycles. The van der Waals surface area contributed by atoms with E-state index in [2.05, 4.69) is 5.32 Å². The number of hydrogen-bond donors (Lipinski definition) is 2. The first-order valence-corrected chi connectivity index (χ1v) is 5.26. The average Bonchev–Trinajstić information content (AvgIpc) is 2.65. The van der Waals surface area contributed by atoms with Crippen molar-refractivity contribution in [1.82, 2.24) is 10.2 Å². The molecule has 1 aliphatic heterocycles. The monoisotopic (exact) mass is 211 g/mol. The Morgan fingerprint density at radius 3 is 3.13 bits per heavy atom. The van der Waals surface area contributed by atoms with Crippen LogP contribution >= 0.6 is 0 Å². The number of nitrogens with one attached hydrogen (secondary N) is 1. The lowest BCUT2D eigenvalue weighted by Gasteiger charge is -2.21. The van der Waals surface area contributed by atoms with Gasteiger partial charge in [0.05, 0.1) is 25.6 Å². The van der Waals surface area contributed by atoms with E-state index < -0.39 is 0 Å². The van der Waals surface area contributed by atoms with Crippen LogP contribution in [0.25, 0.3) is 0 Å². The van der Waals surface area contributed by atoms with Crippen LogP contribution in [0.2, 0.25) is 0 Å². The number of nitriles is 1. The summed E-state index contributed by atoms with van der Waals surface area (Å²) in [5.41, 5.74) is 0.